The van der Waals surface area contributed by atoms with E-state index in [4.69, 9.17) is 22.7 Å². The van der Waals surface area contributed by atoms with Crippen LogP contribution in [0.2, 0.25) is 0 Å². The molecule has 0 bridgehead atoms. The van der Waals surface area contributed by atoms with E-state index in [1.54, 1.807) is 7.11 Å². The number of thiocarbonyl (C=S) groups is 1. The fraction of sp³-hybridized carbons (Fsp3) is 0.500. The van der Waals surface area contributed by atoms with Gasteiger partial charge in [-0.25, -0.2) is 0 Å². The predicted octanol–water partition coefficient (Wildman–Crippen LogP) is 2.34. The smallest absolute Gasteiger partial charge is 0.221 e. The molecule has 1 aromatic rings. The van der Waals surface area contributed by atoms with Crippen molar-refractivity contribution in [3.63, 3.8) is 0 Å². The Morgan fingerprint density at radius 1 is 1.33 bits per heavy atom. The lowest BCUT2D eigenvalue weighted by atomic mass is 9.97. The summed E-state index contributed by atoms with van der Waals surface area (Å²) in [7, 11) is 1.64. The molecule has 1 amide bonds. The molecule has 3 N–H and O–H groups in total. The van der Waals surface area contributed by atoms with E-state index < -0.39 is 5.54 Å². The topological polar surface area (TPSA) is 64.3 Å². The van der Waals surface area contributed by atoms with Crippen molar-refractivity contribution in [3.8, 4) is 5.75 Å². The van der Waals surface area contributed by atoms with Gasteiger partial charge in [0.25, 0.3) is 0 Å². The maximum Gasteiger partial charge on any atom is 0.221 e. The summed E-state index contributed by atoms with van der Waals surface area (Å²) in [5.74, 6) is 0.835. The lowest BCUT2D eigenvalue weighted by molar-refractivity contribution is -0.122. The SMILES string of the molecule is COc1ccc(CCC(=O)NC2(C(N)=S)CCCC2)cc1. The van der Waals surface area contributed by atoms with Crippen LogP contribution in [0.25, 0.3) is 0 Å². The number of carbonyl (C=O) groups excluding carboxylic acids is 1. The van der Waals surface area contributed by atoms with Gasteiger partial charge in [0.15, 0.2) is 0 Å². The molecule has 0 heterocycles. The fourth-order valence-electron chi connectivity index (χ4n) is 2.79. The van der Waals surface area contributed by atoms with Gasteiger partial charge in [-0.05, 0) is 37.0 Å². The minimum Gasteiger partial charge on any atom is -0.497 e. The second-order valence-electron chi connectivity index (χ2n) is 5.55. The molecule has 1 aromatic carbocycles. The standard InChI is InChI=1S/C16H22N2O2S/c1-20-13-7-4-12(5-8-13)6-9-14(19)18-16(15(17)21)10-2-3-11-16/h4-5,7-8H,2-3,6,9-11H2,1H3,(H2,17,21)(H,18,19). The van der Waals surface area contributed by atoms with E-state index in [-0.39, 0.29) is 5.91 Å². The molecule has 1 aliphatic carbocycles. The summed E-state index contributed by atoms with van der Waals surface area (Å²) in [4.78, 5) is 12.6. The van der Waals surface area contributed by atoms with Crippen LogP contribution in [0, 0.1) is 0 Å². The van der Waals surface area contributed by atoms with Crippen LogP contribution in [0.4, 0.5) is 0 Å². The number of amides is 1. The summed E-state index contributed by atoms with van der Waals surface area (Å²) >= 11 is 5.14. The quantitative estimate of drug-likeness (QED) is 0.792. The normalized spacial score (nSPS) is 16.4. The van der Waals surface area contributed by atoms with Crippen LogP contribution >= 0.6 is 12.2 Å². The summed E-state index contributed by atoms with van der Waals surface area (Å²) in [6, 6.07) is 7.76. The van der Waals surface area contributed by atoms with Gasteiger partial charge in [-0.3, -0.25) is 4.79 Å². The molecule has 2 rings (SSSR count). The number of nitrogens with one attached hydrogen (secondary N) is 1. The zero-order chi connectivity index (χ0) is 15.3. The van der Waals surface area contributed by atoms with Crippen LogP contribution in [0.3, 0.4) is 0 Å². The maximum absolute atomic E-state index is 12.2. The van der Waals surface area contributed by atoms with Gasteiger partial charge in [0.05, 0.1) is 17.6 Å². The zero-order valence-electron chi connectivity index (χ0n) is 12.4. The van der Waals surface area contributed by atoms with Gasteiger partial charge in [0, 0.05) is 6.42 Å². The third kappa shape index (κ3) is 3.94. The first-order valence-electron chi connectivity index (χ1n) is 7.29. The van der Waals surface area contributed by atoms with Crippen molar-refractivity contribution in [2.24, 2.45) is 5.73 Å². The van der Waals surface area contributed by atoms with E-state index >= 15 is 0 Å². The van der Waals surface area contributed by atoms with Gasteiger partial charge in [-0.1, -0.05) is 37.2 Å². The minimum atomic E-state index is -0.452. The molecule has 4 nitrogen and oxygen atoms in total. The van der Waals surface area contributed by atoms with E-state index in [0.29, 0.717) is 17.8 Å². The van der Waals surface area contributed by atoms with Crippen molar-refractivity contribution in [3.05, 3.63) is 29.8 Å². The monoisotopic (exact) mass is 306 g/mol. The number of methoxy groups -OCH3 is 1. The fourth-order valence-corrected chi connectivity index (χ4v) is 3.05. The van der Waals surface area contributed by atoms with Gasteiger partial charge in [-0.2, -0.15) is 0 Å². The second kappa shape index (κ2) is 6.89. The molecule has 1 aliphatic rings. The Labute approximate surface area is 131 Å². The van der Waals surface area contributed by atoms with E-state index in [2.05, 4.69) is 5.32 Å². The van der Waals surface area contributed by atoms with E-state index in [0.717, 1.165) is 37.0 Å². The average Bonchev–Trinajstić information content (AvgIpc) is 2.95. The van der Waals surface area contributed by atoms with Crippen LogP contribution in [-0.2, 0) is 11.2 Å². The molecule has 0 atom stereocenters. The number of hydrogen-bond donors (Lipinski definition) is 2. The third-order valence-electron chi connectivity index (χ3n) is 4.11. The highest BCUT2D eigenvalue weighted by Crippen LogP contribution is 2.30. The molecule has 1 saturated carbocycles. The highest BCUT2D eigenvalue weighted by Gasteiger charge is 2.37. The Kier molecular flexibility index (Phi) is 5.17. The number of rotatable bonds is 6. The third-order valence-corrected chi connectivity index (χ3v) is 4.50. The highest BCUT2D eigenvalue weighted by molar-refractivity contribution is 7.80. The number of hydrogen-bond acceptors (Lipinski definition) is 3. The Balaban J connectivity index is 1.87. The molecular formula is C16H22N2O2S. The van der Waals surface area contributed by atoms with Crippen LogP contribution in [0.5, 0.6) is 5.75 Å². The minimum absolute atomic E-state index is 0.0144. The summed E-state index contributed by atoms with van der Waals surface area (Å²) < 4.78 is 5.12. The summed E-state index contributed by atoms with van der Waals surface area (Å²) in [6.45, 7) is 0. The van der Waals surface area contributed by atoms with E-state index in [9.17, 15) is 4.79 Å². The van der Waals surface area contributed by atoms with Gasteiger partial charge >= 0.3 is 0 Å². The van der Waals surface area contributed by atoms with Crippen molar-refractivity contribution in [2.45, 2.75) is 44.1 Å². The van der Waals surface area contributed by atoms with Crippen LogP contribution in [0.1, 0.15) is 37.7 Å². The number of aryl methyl sites for hydroxylation is 1. The number of carbonyl (C=O) groups is 1. The molecule has 1 fully saturated rings. The van der Waals surface area contributed by atoms with Crippen molar-refractivity contribution < 1.29 is 9.53 Å². The van der Waals surface area contributed by atoms with Gasteiger partial charge in [-0.15, -0.1) is 0 Å². The van der Waals surface area contributed by atoms with Crippen LogP contribution < -0.4 is 15.8 Å². The Morgan fingerprint density at radius 2 is 1.95 bits per heavy atom. The van der Waals surface area contributed by atoms with Crippen molar-refractivity contribution in [1.82, 2.24) is 5.32 Å². The second-order valence-corrected chi connectivity index (χ2v) is 5.99. The summed E-state index contributed by atoms with van der Waals surface area (Å²) in [5.41, 5.74) is 6.48. The number of benzene rings is 1. The Morgan fingerprint density at radius 3 is 2.48 bits per heavy atom. The molecule has 5 heteroatoms. The molecule has 0 radical (unpaired) electrons. The predicted molar refractivity (Wildman–Crippen MR) is 87.4 cm³/mol. The largest absolute Gasteiger partial charge is 0.497 e. The van der Waals surface area contributed by atoms with E-state index in [1.165, 1.54) is 0 Å². The molecular weight excluding hydrogens is 284 g/mol. The van der Waals surface area contributed by atoms with Crippen molar-refractivity contribution in [1.29, 1.82) is 0 Å². The molecule has 0 saturated heterocycles. The molecule has 0 spiro atoms. The van der Waals surface area contributed by atoms with E-state index in [1.807, 2.05) is 24.3 Å². The first-order chi connectivity index (χ1) is 10.1. The van der Waals surface area contributed by atoms with Crippen molar-refractivity contribution in [2.75, 3.05) is 7.11 Å². The first-order valence-corrected chi connectivity index (χ1v) is 7.70. The zero-order valence-corrected chi connectivity index (χ0v) is 13.2. The first kappa shape index (κ1) is 15.8. The van der Waals surface area contributed by atoms with Gasteiger partial charge < -0.3 is 15.8 Å². The maximum atomic E-state index is 12.2. The van der Waals surface area contributed by atoms with Crippen LogP contribution in [0.15, 0.2) is 24.3 Å². The summed E-state index contributed by atoms with van der Waals surface area (Å²) in [6.07, 6.45) is 4.99. The lowest BCUT2D eigenvalue weighted by Gasteiger charge is -2.29. The molecule has 0 aromatic heterocycles. The molecule has 0 aliphatic heterocycles. The van der Waals surface area contributed by atoms with Gasteiger partial charge in [0.2, 0.25) is 5.91 Å². The van der Waals surface area contributed by atoms with Gasteiger partial charge in [0.1, 0.15) is 5.75 Å². The molecule has 0 unspecified atom stereocenters. The Hall–Kier alpha value is -1.62. The highest BCUT2D eigenvalue weighted by atomic mass is 32.1. The molecule has 21 heavy (non-hydrogen) atoms. The molecule has 114 valence electrons. The van der Waals surface area contributed by atoms with Crippen molar-refractivity contribution >= 4 is 23.1 Å². The summed E-state index contributed by atoms with van der Waals surface area (Å²) in [5, 5.41) is 3.05. The number of ether oxygens (including phenoxy) is 1. The van der Waals surface area contributed by atoms with Crippen LogP contribution in [-0.4, -0.2) is 23.5 Å². The Bertz CT molecular complexity index is 508. The lowest BCUT2D eigenvalue weighted by Crippen LogP contribution is -2.54. The average molecular weight is 306 g/mol. The number of nitrogens with two attached hydrogens (primary N) is 1.